The molecule has 1 fully saturated rings. The standard InChI is InChI=1S/C16H24N2O2/c1-16(2,3)14(17)15(20)18(12-7-8-12)10-11-5-4-6-13(19)9-11/h4-6,9,12,14,19H,7-8,10,17H2,1-3H3. The zero-order chi connectivity index (χ0) is 14.9. The Balaban J connectivity index is 2.14. The van der Waals surface area contributed by atoms with E-state index in [0.29, 0.717) is 12.6 Å². The molecule has 2 rings (SSSR count). The first-order valence-corrected chi connectivity index (χ1v) is 7.13. The average Bonchev–Trinajstić information content (AvgIpc) is 3.17. The largest absolute Gasteiger partial charge is 0.508 e. The highest BCUT2D eigenvalue weighted by Crippen LogP contribution is 2.31. The number of rotatable bonds is 4. The Morgan fingerprint density at radius 3 is 2.60 bits per heavy atom. The first kappa shape index (κ1) is 14.9. The molecule has 1 aliphatic carbocycles. The molecule has 0 aromatic heterocycles. The van der Waals surface area contributed by atoms with E-state index in [9.17, 15) is 9.90 Å². The fourth-order valence-corrected chi connectivity index (χ4v) is 2.17. The van der Waals surface area contributed by atoms with Crippen molar-refractivity contribution in [3.05, 3.63) is 29.8 Å². The van der Waals surface area contributed by atoms with Crippen molar-refractivity contribution in [1.82, 2.24) is 4.90 Å². The van der Waals surface area contributed by atoms with E-state index in [4.69, 9.17) is 5.73 Å². The first-order chi connectivity index (χ1) is 9.29. The summed E-state index contributed by atoms with van der Waals surface area (Å²) in [5, 5.41) is 9.53. The molecule has 1 aromatic carbocycles. The van der Waals surface area contributed by atoms with Gasteiger partial charge in [0.15, 0.2) is 0 Å². The second-order valence-corrected chi connectivity index (χ2v) is 6.71. The number of carbonyl (C=O) groups excluding carboxylic acids is 1. The van der Waals surface area contributed by atoms with Gasteiger partial charge in [-0.25, -0.2) is 0 Å². The second kappa shape index (κ2) is 5.44. The Bertz CT molecular complexity index is 489. The summed E-state index contributed by atoms with van der Waals surface area (Å²) in [6.45, 7) is 6.46. The molecule has 0 saturated heterocycles. The Kier molecular flexibility index (Phi) is 4.04. The van der Waals surface area contributed by atoms with Crippen molar-refractivity contribution < 1.29 is 9.90 Å². The van der Waals surface area contributed by atoms with E-state index in [1.807, 2.05) is 31.7 Å². The molecule has 0 bridgehead atoms. The number of hydrogen-bond donors (Lipinski definition) is 2. The third kappa shape index (κ3) is 3.51. The average molecular weight is 276 g/mol. The third-order valence-corrected chi connectivity index (χ3v) is 3.73. The smallest absolute Gasteiger partial charge is 0.240 e. The van der Waals surface area contributed by atoms with Crippen molar-refractivity contribution in [1.29, 1.82) is 0 Å². The summed E-state index contributed by atoms with van der Waals surface area (Å²) in [5.74, 6) is 0.231. The summed E-state index contributed by atoms with van der Waals surface area (Å²) in [6, 6.07) is 6.85. The minimum absolute atomic E-state index is 0.00310. The molecule has 0 aliphatic heterocycles. The summed E-state index contributed by atoms with van der Waals surface area (Å²) in [5.41, 5.74) is 6.79. The van der Waals surface area contributed by atoms with Gasteiger partial charge in [-0.1, -0.05) is 32.9 Å². The predicted octanol–water partition coefficient (Wildman–Crippen LogP) is 2.26. The summed E-state index contributed by atoms with van der Waals surface area (Å²) in [7, 11) is 0. The van der Waals surface area contributed by atoms with Crippen LogP contribution in [0, 0.1) is 5.41 Å². The molecule has 0 radical (unpaired) electrons. The number of phenolic OH excluding ortho intramolecular Hbond substituents is 1. The number of phenols is 1. The van der Waals surface area contributed by atoms with E-state index in [2.05, 4.69) is 0 Å². The van der Waals surface area contributed by atoms with Crippen molar-refractivity contribution in [2.75, 3.05) is 0 Å². The maximum Gasteiger partial charge on any atom is 0.240 e. The SMILES string of the molecule is CC(C)(C)C(N)C(=O)N(Cc1cccc(O)c1)C1CC1. The monoisotopic (exact) mass is 276 g/mol. The van der Waals surface area contributed by atoms with Crippen LogP contribution in [0.1, 0.15) is 39.2 Å². The van der Waals surface area contributed by atoms with Crippen LogP contribution in [0.15, 0.2) is 24.3 Å². The highest BCUT2D eigenvalue weighted by molar-refractivity contribution is 5.83. The zero-order valence-corrected chi connectivity index (χ0v) is 12.5. The number of carbonyl (C=O) groups is 1. The Labute approximate surface area is 120 Å². The Hall–Kier alpha value is -1.55. The molecular formula is C16H24N2O2. The quantitative estimate of drug-likeness (QED) is 0.886. The number of benzene rings is 1. The van der Waals surface area contributed by atoms with E-state index in [1.165, 1.54) is 0 Å². The maximum atomic E-state index is 12.6. The molecule has 3 N–H and O–H groups in total. The number of nitrogens with two attached hydrogens (primary N) is 1. The normalized spacial score (nSPS) is 16.8. The lowest BCUT2D eigenvalue weighted by molar-refractivity contribution is -0.136. The van der Waals surface area contributed by atoms with Gasteiger partial charge in [0.1, 0.15) is 5.75 Å². The van der Waals surface area contributed by atoms with Crippen LogP contribution in [0.25, 0.3) is 0 Å². The lowest BCUT2D eigenvalue weighted by Crippen LogP contribution is -2.50. The van der Waals surface area contributed by atoms with Crippen LogP contribution in [0.2, 0.25) is 0 Å². The molecular weight excluding hydrogens is 252 g/mol. The zero-order valence-electron chi connectivity index (χ0n) is 12.5. The second-order valence-electron chi connectivity index (χ2n) is 6.71. The van der Waals surface area contributed by atoms with Crippen LogP contribution in [-0.4, -0.2) is 28.0 Å². The minimum atomic E-state index is -0.500. The summed E-state index contributed by atoms with van der Waals surface area (Å²) < 4.78 is 0. The summed E-state index contributed by atoms with van der Waals surface area (Å²) in [4.78, 5) is 14.5. The highest BCUT2D eigenvalue weighted by atomic mass is 16.3. The molecule has 4 nitrogen and oxygen atoms in total. The Morgan fingerprint density at radius 1 is 1.45 bits per heavy atom. The van der Waals surface area contributed by atoms with Crippen molar-refractivity contribution in [2.24, 2.45) is 11.1 Å². The molecule has 1 unspecified atom stereocenters. The van der Waals surface area contributed by atoms with Gasteiger partial charge >= 0.3 is 0 Å². The van der Waals surface area contributed by atoms with Crippen molar-refractivity contribution in [3.63, 3.8) is 0 Å². The molecule has 20 heavy (non-hydrogen) atoms. The maximum absolute atomic E-state index is 12.6. The van der Waals surface area contributed by atoms with Gasteiger partial charge in [-0.15, -0.1) is 0 Å². The van der Waals surface area contributed by atoms with Crippen LogP contribution < -0.4 is 5.73 Å². The summed E-state index contributed by atoms with van der Waals surface area (Å²) >= 11 is 0. The number of nitrogens with zero attached hydrogens (tertiary/aromatic N) is 1. The van der Waals surface area contributed by atoms with Gasteiger partial charge in [-0.3, -0.25) is 4.79 Å². The molecule has 0 spiro atoms. The van der Waals surface area contributed by atoms with Gasteiger partial charge < -0.3 is 15.7 Å². The van der Waals surface area contributed by atoms with Crippen LogP contribution in [0.4, 0.5) is 0 Å². The fraction of sp³-hybridized carbons (Fsp3) is 0.562. The number of amides is 1. The molecule has 0 heterocycles. The molecule has 4 heteroatoms. The highest BCUT2D eigenvalue weighted by Gasteiger charge is 2.38. The first-order valence-electron chi connectivity index (χ1n) is 7.13. The molecule has 1 atom stereocenters. The third-order valence-electron chi connectivity index (χ3n) is 3.73. The van der Waals surface area contributed by atoms with Crippen LogP contribution in [0.3, 0.4) is 0 Å². The predicted molar refractivity (Wildman–Crippen MR) is 79.1 cm³/mol. The van der Waals surface area contributed by atoms with Crippen molar-refractivity contribution in [2.45, 2.75) is 52.2 Å². The minimum Gasteiger partial charge on any atom is -0.508 e. The van der Waals surface area contributed by atoms with Gasteiger partial charge in [0.2, 0.25) is 5.91 Å². The van der Waals surface area contributed by atoms with Gasteiger partial charge in [-0.2, -0.15) is 0 Å². The van der Waals surface area contributed by atoms with Crippen LogP contribution in [-0.2, 0) is 11.3 Å². The topological polar surface area (TPSA) is 66.6 Å². The lowest BCUT2D eigenvalue weighted by atomic mass is 9.86. The number of aromatic hydroxyl groups is 1. The lowest BCUT2D eigenvalue weighted by Gasteiger charge is -2.32. The molecule has 1 saturated carbocycles. The molecule has 1 aliphatic rings. The van der Waals surface area contributed by atoms with E-state index >= 15 is 0 Å². The van der Waals surface area contributed by atoms with Gasteiger partial charge in [0.25, 0.3) is 0 Å². The van der Waals surface area contributed by atoms with Crippen LogP contribution in [0.5, 0.6) is 5.75 Å². The number of hydrogen-bond acceptors (Lipinski definition) is 3. The van der Waals surface area contributed by atoms with Crippen molar-refractivity contribution >= 4 is 5.91 Å². The molecule has 1 aromatic rings. The van der Waals surface area contributed by atoms with Gasteiger partial charge in [-0.05, 0) is 36.0 Å². The van der Waals surface area contributed by atoms with Gasteiger partial charge in [0, 0.05) is 12.6 Å². The van der Waals surface area contributed by atoms with E-state index in [0.717, 1.165) is 18.4 Å². The Morgan fingerprint density at radius 2 is 2.10 bits per heavy atom. The van der Waals surface area contributed by atoms with Gasteiger partial charge in [0.05, 0.1) is 6.04 Å². The van der Waals surface area contributed by atoms with E-state index in [1.54, 1.807) is 18.2 Å². The van der Waals surface area contributed by atoms with Crippen LogP contribution >= 0.6 is 0 Å². The van der Waals surface area contributed by atoms with E-state index < -0.39 is 6.04 Å². The fourth-order valence-electron chi connectivity index (χ4n) is 2.17. The molecule has 110 valence electrons. The summed E-state index contributed by atoms with van der Waals surface area (Å²) in [6.07, 6.45) is 2.09. The molecule has 1 amide bonds. The van der Waals surface area contributed by atoms with E-state index in [-0.39, 0.29) is 17.1 Å². The van der Waals surface area contributed by atoms with Crippen molar-refractivity contribution in [3.8, 4) is 5.75 Å².